The maximum absolute atomic E-state index is 12.3. The number of carbonyl (C=O) groups excluding carboxylic acids is 3. The number of likely N-dealkylation sites (tertiary alicyclic amines) is 1. The van der Waals surface area contributed by atoms with Gasteiger partial charge >= 0.3 is 5.97 Å². The lowest BCUT2D eigenvalue weighted by molar-refractivity contribution is -0.152. The van der Waals surface area contributed by atoms with Gasteiger partial charge < -0.3 is 15.0 Å². The maximum atomic E-state index is 12.3. The van der Waals surface area contributed by atoms with Crippen LogP contribution in [-0.4, -0.2) is 48.4 Å². The van der Waals surface area contributed by atoms with Gasteiger partial charge in [-0.2, -0.15) is 0 Å². The van der Waals surface area contributed by atoms with E-state index >= 15 is 0 Å². The number of piperidine rings is 1. The lowest BCUT2D eigenvalue weighted by Gasteiger charge is -2.35. The number of rotatable bonds is 6. The highest BCUT2D eigenvalue weighted by Crippen LogP contribution is 2.19. The summed E-state index contributed by atoms with van der Waals surface area (Å²) in [6.45, 7) is 2.23. The average Bonchev–Trinajstić information content (AvgIpc) is 2.75. The highest BCUT2D eigenvalue weighted by Gasteiger charge is 2.25. The van der Waals surface area contributed by atoms with Crippen molar-refractivity contribution in [2.75, 3.05) is 19.7 Å². The van der Waals surface area contributed by atoms with Crippen LogP contribution in [0.25, 0.3) is 10.8 Å². The van der Waals surface area contributed by atoms with Crippen LogP contribution in [0, 0.1) is 0 Å². The van der Waals surface area contributed by atoms with Gasteiger partial charge in [0.1, 0.15) is 6.54 Å². The fraction of sp³-hybridized carbons (Fsp3) is 0.409. The second-order valence-corrected chi connectivity index (χ2v) is 7.05. The average molecular weight is 382 g/mol. The summed E-state index contributed by atoms with van der Waals surface area (Å²) in [5.41, 5.74) is 0.474. The molecule has 2 amide bonds. The summed E-state index contributed by atoms with van der Waals surface area (Å²) >= 11 is 0. The van der Waals surface area contributed by atoms with Gasteiger partial charge in [-0.1, -0.05) is 37.3 Å². The SMILES string of the molecule is CC[C@H]1CCCCN1C(=O)COC(=O)CNC(=O)c1ccc2ccccc2c1. The molecule has 148 valence electrons. The molecule has 2 aromatic carbocycles. The number of hydrogen-bond acceptors (Lipinski definition) is 4. The van der Waals surface area contributed by atoms with Crippen molar-refractivity contribution in [3.63, 3.8) is 0 Å². The largest absolute Gasteiger partial charge is 0.454 e. The van der Waals surface area contributed by atoms with E-state index in [2.05, 4.69) is 12.2 Å². The third-order valence-electron chi connectivity index (χ3n) is 5.18. The van der Waals surface area contributed by atoms with Gasteiger partial charge in [-0.05, 0) is 48.6 Å². The van der Waals surface area contributed by atoms with E-state index in [1.54, 1.807) is 12.1 Å². The predicted octanol–water partition coefficient (Wildman–Crippen LogP) is 2.90. The molecule has 0 bridgehead atoms. The number of carbonyl (C=O) groups is 3. The number of nitrogens with one attached hydrogen (secondary N) is 1. The normalized spacial score (nSPS) is 16.6. The van der Waals surface area contributed by atoms with Gasteiger partial charge in [0.2, 0.25) is 0 Å². The Labute approximate surface area is 164 Å². The van der Waals surface area contributed by atoms with Crippen LogP contribution < -0.4 is 5.32 Å². The molecule has 0 aromatic heterocycles. The minimum Gasteiger partial charge on any atom is -0.454 e. The minimum atomic E-state index is -0.618. The zero-order valence-corrected chi connectivity index (χ0v) is 16.1. The summed E-state index contributed by atoms with van der Waals surface area (Å²) in [5.74, 6) is -1.13. The van der Waals surface area contributed by atoms with E-state index in [1.165, 1.54) is 0 Å². The van der Waals surface area contributed by atoms with Crippen LogP contribution in [0.1, 0.15) is 43.0 Å². The molecule has 1 heterocycles. The van der Waals surface area contributed by atoms with E-state index < -0.39 is 5.97 Å². The molecule has 1 saturated heterocycles. The fourth-order valence-corrected chi connectivity index (χ4v) is 3.61. The molecule has 6 heteroatoms. The third kappa shape index (κ3) is 4.88. The molecule has 0 unspecified atom stereocenters. The van der Waals surface area contributed by atoms with Crippen LogP contribution in [0.3, 0.4) is 0 Å². The Morgan fingerprint density at radius 2 is 1.89 bits per heavy atom. The van der Waals surface area contributed by atoms with Crippen LogP contribution in [0.2, 0.25) is 0 Å². The highest BCUT2D eigenvalue weighted by atomic mass is 16.5. The molecular weight excluding hydrogens is 356 g/mol. The third-order valence-corrected chi connectivity index (χ3v) is 5.18. The molecule has 0 aliphatic carbocycles. The second kappa shape index (κ2) is 9.35. The summed E-state index contributed by atoms with van der Waals surface area (Å²) in [6, 6.07) is 13.3. The summed E-state index contributed by atoms with van der Waals surface area (Å²) < 4.78 is 5.06. The van der Waals surface area contributed by atoms with Crippen molar-refractivity contribution in [2.24, 2.45) is 0 Å². The van der Waals surface area contributed by atoms with Crippen LogP contribution >= 0.6 is 0 Å². The first-order valence-electron chi connectivity index (χ1n) is 9.80. The monoisotopic (exact) mass is 382 g/mol. The quantitative estimate of drug-likeness (QED) is 0.780. The van der Waals surface area contributed by atoms with Crippen LogP contribution in [-0.2, 0) is 14.3 Å². The van der Waals surface area contributed by atoms with Crippen LogP contribution in [0.15, 0.2) is 42.5 Å². The summed E-state index contributed by atoms with van der Waals surface area (Å²) in [7, 11) is 0. The predicted molar refractivity (Wildman–Crippen MR) is 107 cm³/mol. The highest BCUT2D eigenvalue weighted by molar-refractivity contribution is 5.99. The van der Waals surface area contributed by atoms with Gasteiger partial charge in [0.05, 0.1) is 0 Å². The first-order chi connectivity index (χ1) is 13.6. The Bertz CT molecular complexity index is 864. The Balaban J connectivity index is 1.46. The van der Waals surface area contributed by atoms with E-state index in [4.69, 9.17) is 4.74 Å². The lowest BCUT2D eigenvalue weighted by atomic mass is 10.00. The van der Waals surface area contributed by atoms with Gasteiger partial charge in [0.15, 0.2) is 6.61 Å². The van der Waals surface area contributed by atoms with Crippen molar-refractivity contribution >= 4 is 28.6 Å². The van der Waals surface area contributed by atoms with Crippen molar-refractivity contribution in [1.29, 1.82) is 0 Å². The smallest absolute Gasteiger partial charge is 0.325 e. The number of esters is 1. The first-order valence-corrected chi connectivity index (χ1v) is 9.80. The van der Waals surface area contributed by atoms with Gasteiger partial charge in [-0.3, -0.25) is 14.4 Å². The van der Waals surface area contributed by atoms with Crippen molar-refractivity contribution in [2.45, 2.75) is 38.6 Å². The number of nitrogens with zero attached hydrogens (tertiary/aromatic N) is 1. The van der Waals surface area contributed by atoms with Crippen LogP contribution in [0.4, 0.5) is 0 Å². The molecule has 3 rings (SSSR count). The molecule has 1 aliphatic rings. The summed E-state index contributed by atoms with van der Waals surface area (Å²) in [4.78, 5) is 38.3. The van der Waals surface area contributed by atoms with E-state index in [-0.39, 0.29) is 31.0 Å². The Hall–Kier alpha value is -2.89. The molecule has 6 nitrogen and oxygen atoms in total. The number of fused-ring (bicyclic) bond motifs is 1. The first kappa shape index (κ1) is 19.9. The summed E-state index contributed by atoms with van der Waals surface area (Å²) in [5, 5.41) is 4.54. The Morgan fingerprint density at radius 3 is 2.68 bits per heavy atom. The topological polar surface area (TPSA) is 75.7 Å². The zero-order valence-electron chi connectivity index (χ0n) is 16.1. The van der Waals surface area contributed by atoms with Crippen LogP contribution in [0.5, 0.6) is 0 Å². The molecule has 1 fully saturated rings. The zero-order chi connectivity index (χ0) is 19.9. The molecule has 28 heavy (non-hydrogen) atoms. The molecular formula is C22H26N2O4. The number of ether oxygens (including phenoxy) is 1. The molecule has 1 aliphatic heterocycles. The van der Waals surface area contributed by atoms with Gasteiger partial charge in [-0.15, -0.1) is 0 Å². The number of benzene rings is 2. The molecule has 1 atom stereocenters. The van der Waals surface area contributed by atoms with Crippen molar-refractivity contribution < 1.29 is 19.1 Å². The molecule has 0 radical (unpaired) electrons. The van der Waals surface area contributed by atoms with Crippen molar-refractivity contribution in [3.8, 4) is 0 Å². The van der Waals surface area contributed by atoms with E-state index in [9.17, 15) is 14.4 Å². The number of hydrogen-bond donors (Lipinski definition) is 1. The molecule has 2 aromatic rings. The Morgan fingerprint density at radius 1 is 1.11 bits per heavy atom. The Kier molecular flexibility index (Phi) is 6.63. The van der Waals surface area contributed by atoms with Gasteiger partial charge in [0.25, 0.3) is 11.8 Å². The van der Waals surface area contributed by atoms with Crippen molar-refractivity contribution in [3.05, 3.63) is 48.0 Å². The summed E-state index contributed by atoms with van der Waals surface area (Å²) in [6.07, 6.45) is 4.01. The van der Waals surface area contributed by atoms with E-state index in [0.29, 0.717) is 12.1 Å². The van der Waals surface area contributed by atoms with Crippen molar-refractivity contribution in [1.82, 2.24) is 10.2 Å². The number of amides is 2. The fourth-order valence-electron chi connectivity index (χ4n) is 3.61. The lowest BCUT2D eigenvalue weighted by Crippen LogP contribution is -2.45. The van der Waals surface area contributed by atoms with E-state index in [0.717, 1.165) is 36.5 Å². The second-order valence-electron chi connectivity index (χ2n) is 7.05. The maximum Gasteiger partial charge on any atom is 0.325 e. The van der Waals surface area contributed by atoms with E-state index in [1.807, 2.05) is 35.2 Å². The standard InChI is InChI=1S/C22H26N2O4/c1-2-19-9-5-6-12-24(19)20(25)15-28-21(26)14-23-22(27)18-11-10-16-7-3-4-8-17(16)13-18/h3-4,7-8,10-11,13,19H,2,5-6,9,12,14-15H2,1H3,(H,23,27)/t19-/m0/s1. The van der Waals surface area contributed by atoms with Gasteiger partial charge in [-0.25, -0.2) is 0 Å². The molecule has 1 N–H and O–H groups in total. The minimum absolute atomic E-state index is 0.166. The molecule has 0 saturated carbocycles. The van der Waals surface area contributed by atoms with Gasteiger partial charge in [0, 0.05) is 18.2 Å². The molecule has 0 spiro atoms.